The van der Waals surface area contributed by atoms with Crippen LogP contribution in [-0.4, -0.2) is 30.2 Å². The molecule has 0 heterocycles. The highest BCUT2D eigenvalue weighted by Gasteiger charge is 2.30. The molecule has 1 rings (SSSR count). The minimum atomic E-state index is -0.754. The summed E-state index contributed by atoms with van der Waals surface area (Å²) in [4.78, 5) is 22.5. The van der Waals surface area contributed by atoms with E-state index >= 15 is 0 Å². The van der Waals surface area contributed by atoms with Gasteiger partial charge < -0.3 is 15.7 Å². The average molecular weight is 319 g/mol. The fourth-order valence-corrected chi connectivity index (χ4v) is 2.38. The van der Waals surface area contributed by atoms with Gasteiger partial charge in [0.05, 0.1) is 12.5 Å². The lowest BCUT2D eigenvalue weighted by molar-refractivity contribution is -0.144. The molecule has 0 aromatic carbocycles. The average Bonchev–Trinajstić information content (AvgIpc) is 2.34. The smallest absolute Gasteiger partial charge is 0.315 e. The van der Waals surface area contributed by atoms with Gasteiger partial charge >= 0.3 is 12.0 Å². The van der Waals surface area contributed by atoms with Crippen LogP contribution in [0.25, 0.3) is 0 Å². The first-order valence-corrected chi connectivity index (χ1v) is 6.87. The molecule has 0 aliphatic heterocycles. The van der Waals surface area contributed by atoms with Crippen molar-refractivity contribution in [1.29, 1.82) is 0 Å². The first kappa shape index (κ1) is 15.0. The van der Waals surface area contributed by atoms with E-state index in [2.05, 4.69) is 33.1 Å². The van der Waals surface area contributed by atoms with Crippen molar-refractivity contribution in [3.63, 3.8) is 0 Å². The number of amides is 2. The summed E-state index contributed by atoms with van der Waals surface area (Å²) in [6.07, 6.45) is 3.57. The Morgan fingerprint density at radius 2 is 1.94 bits per heavy atom. The summed E-state index contributed by atoms with van der Waals surface area (Å²) in [5.74, 6) is -1.05. The summed E-state index contributed by atoms with van der Waals surface area (Å²) >= 11 is 3.14. The predicted octanol–water partition coefficient (Wildman–Crippen LogP) is 2.09. The molecular formula is C12H19BrN2O3. The highest BCUT2D eigenvalue weighted by Crippen LogP contribution is 2.29. The summed E-state index contributed by atoms with van der Waals surface area (Å²) in [5, 5.41) is 14.4. The number of aliphatic carboxylic acids is 1. The normalized spacial score (nSPS) is 23.2. The molecule has 0 aromatic heterocycles. The van der Waals surface area contributed by atoms with E-state index < -0.39 is 5.97 Å². The Morgan fingerprint density at radius 1 is 1.28 bits per heavy atom. The summed E-state index contributed by atoms with van der Waals surface area (Å²) in [7, 11) is 0. The van der Waals surface area contributed by atoms with E-state index in [1.807, 2.05) is 0 Å². The van der Waals surface area contributed by atoms with Crippen LogP contribution in [-0.2, 0) is 4.79 Å². The van der Waals surface area contributed by atoms with Gasteiger partial charge in [-0.15, -0.1) is 0 Å². The van der Waals surface area contributed by atoms with Gasteiger partial charge in [0.1, 0.15) is 0 Å². The Labute approximate surface area is 115 Å². The molecule has 1 fully saturated rings. The summed E-state index contributed by atoms with van der Waals surface area (Å²) in [6, 6.07) is -0.287. The number of carbonyl (C=O) groups excluding carboxylic acids is 1. The molecule has 2 atom stereocenters. The SMILES string of the molecule is C=C(Br)CNC(=O)NCC1CCCCC1C(=O)O. The number of carboxylic acid groups (broad SMARTS) is 1. The third kappa shape index (κ3) is 5.08. The van der Waals surface area contributed by atoms with E-state index in [1.165, 1.54) is 0 Å². The zero-order chi connectivity index (χ0) is 13.5. The van der Waals surface area contributed by atoms with Crippen LogP contribution in [0.2, 0.25) is 0 Å². The Morgan fingerprint density at radius 3 is 2.56 bits per heavy atom. The van der Waals surface area contributed by atoms with Gasteiger partial charge in [-0.1, -0.05) is 35.4 Å². The lowest BCUT2D eigenvalue weighted by atomic mass is 9.79. The van der Waals surface area contributed by atoms with Crippen molar-refractivity contribution in [2.45, 2.75) is 25.7 Å². The van der Waals surface area contributed by atoms with Crippen molar-refractivity contribution < 1.29 is 14.7 Å². The number of urea groups is 1. The van der Waals surface area contributed by atoms with Crippen LogP contribution < -0.4 is 10.6 Å². The van der Waals surface area contributed by atoms with Crippen LogP contribution >= 0.6 is 15.9 Å². The van der Waals surface area contributed by atoms with E-state index in [-0.39, 0.29) is 17.9 Å². The molecule has 1 saturated carbocycles. The van der Waals surface area contributed by atoms with Gasteiger partial charge in [-0.2, -0.15) is 0 Å². The van der Waals surface area contributed by atoms with Gasteiger partial charge in [0, 0.05) is 11.0 Å². The molecule has 2 amide bonds. The first-order chi connectivity index (χ1) is 8.50. The van der Waals surface area contributed by atoms with Crippen LogP contribution in [0.15, 0.2) is 11.1 Å². The highest BCUT2D eigenvalue weighted by atomic mass is 79.9. The van der Waals surface area contributed by atoms with E-state index in [4.69, 9.17) is 5.11 Å². The fraction of sp³-hybridized carbons (Fsp3) is 0.667. The standard InChI is InChI=1S/C12H19BrN2O3/c1-8(13)6-14-12(18)15-7-9-4-2-3-5-10(9)11(16)17/h9-10H,1-7H2,(H,16,17)(H2,14,15,18). The van der Waals surface area contributed by atoms with Crippen molar-refractivity contribution in [2.75, 3.05) is 13.1 Å². The summed E-state index contributed by atoms with van der Waals surface area (Å²) in [5.41, 5.74) is 0. The van der Waals surface area contributed by atoms with Gasteiger partial charge in [-0.25, -0.2) is 4.79 Å². The Kier molecular flexibility index (Phi) is 6.18. The summed E-state index contributed by atoms with van der Waals surface area (Å²) in [6.45, 7) is 4.38. The number of hydrogen-bond donors (Lipinski definition) is 3. The minimum Gasteiger partial charge on any atom is -0.481 e. The lowest BCUT2D eigenvalue weighted by Crippen LogP contribution is -2.42. The summed E-state index contributed by atoms with van der Waals surface area (Å²) < 4.78 is 0.693. The number of nitrogens with one attached hydrogen (secondary N) is 2. The van der Waals surface area contributed by atoms with Gasteiger partial charge in [-0.3, -0.25) is 4.79 Å². The van der Waals surface area contributed by atoms with Crippen LogP contribution in [0.1, 0.15) is 25.7 Å². The maximum atomic E-state index is 11.4. The van der Waals surface area contributed by atoms with Gasteiger partial charge in [0.2, 0.25) is 0 Å². The quantitative estimate of drug-likeness (QED) is 0.726. The number of halogens is 1. The fourth-order valence-electron chi connectivity index (χ4n) is 2.24. The van der Waals surface area contributed by atoms with Crippen molar-refractivity contribution in [1.82, 2.24) is 10.6 Å². The Hall–Kier alpha value is -1.04. The predicted molar refractivity (Wildman–Crippen MR) is 72.6 cm³/mol. The molecule has 0 spiro atoms. The van der Waals surface area contributed by atoms with Gasteiger partial charge in [-0.05, 0) is 18.8 Å². The first-order valence-electron chi connectivity index (χ1n) is 6.08. The second-order valence-electron chi connectivity index (χ2n) is 4.57. The number of rotatable bonds is 5. The maximum absolute atomic E-state index is 11.4. The number of hydrogen-bond acceptors (Lipinski definition) is 2. The number of carbonyl (C=O) groups is 2. The minimum absolute atomic E-state index is 0.0363. The van der Waals surface area contributed by atoms with Crippen LogP contribution in [0.4, 0.5) is 4.79 Å². The van der Waals surface area contributed by atoms with Crippen molar-refractivity contribution >= 4 is 27.9 Å². The second-order valence-corrected chi connectivity index (χ2v) is 5.69. The molecule has 6 heteroatoms. The van der Waals surface area contributed by atoms with Crippen LogP contribution in [0.3, 0.4) is 0 Å². The molecule has 0 bridgehead atoms. The number of carboxylic acids is 1. The van der Waals surface area contributed by atoms with Crippen molar-refractivity contribution in [2.24, 2.45) is 11.8 Å². The van der Waals surface area contributed by atoms with Crippen LogP contribution in [0.5, 0.6) is 0 Å². The zero-order valence-electron chi connectivity index (χ0n) is 10.2. The highest BCUT2D eigenvalue weighted by molar-refractivity contribution is 9.11. The van der Waals surface area contributed by atoms with E-state index in [0.29, 0.717) is 24.0 Å². The van der Waals surface area contributed by atoms with Gasteiger partial charge in [0.25, 0.3) is 0 Å². The molecule has 1 aliphatic rings. The Bertz CT molecular complexity index is 333. The monoisotopic (exact) mass is 318 g/mol. The van der Waals surface area contributed by atoms with Crippen molar-refractivity contribution in [3.05, 3.63) is 11.1 Å². The Balaban J connectivity index is 2.34. The largest absolute Gasteiger partial charge is 0.481 e. The third-order valence-corrected chi connectivity index (χ3v) is 3.47. The molecule has 0 radical (unpaired) electrons. The molecule has 18 heavy (non-hydrogen) atoms. The van der Waals surface area contributed by atoms with E-state index in [9.17, 15) is 9.59 Å². The third-order valence-electron chi connectivity index (χ3n) is 3.19. The zero-order valence-corrected chi connectivity index (χ0v) is 11.8. The van der Waals surface area contributed by atoms with Gasteiger partial charge in [0.15, 0.2) is 0 Å². The van der Waals surface area contributed by atoms with Crippen molar-refractivity contribution in [3.8, 4) is 0 Å². The molecule has 102 valence electrons. The second kappa shape index (κ2) is 7.41. The molecule has 5 nitrogen and oxygen atoms in total. The molecule has 0 saturated heterocycles. The topological polar surface area (TPSA) is 78.4 Å². The van der Waals surface area contributed by atoms with E-state index in [1.54, 1.807) is 0 Å². The van der Waals surface area contributed by atoms with Crippen LogP contribution in [0, 0.1) is 11.8 Å². The maximum Gasteiger partial charge on any atom is 0.315 e. The van der Waals surface area contributed by atoms with E-state index in [0.717, 1.165) is 19.3 Å². The molecule has 3 N–H and O–H groups in total. The lowest BCUT2D eigenvalue weighted by Gasteiger charge is -2.28. The molecule has 0 aromatic rings. The molecular weight excluding hydrogens is 300 g/mol. The molecule has 1 aliphatic carbocycles. The molecule has 2 unspecified atom stereocenters.